The van der Waals surface area contributed by atoms with Crippen LogP contribution in [-0.4, -0.2) is 25.7 Å². The molecule has 106 valence electrons. The van der Waals surface area contributed by atoms with Crippen molar-refractivity contribution < 1.29 is 18.1 Å². The van der Waals surface area contributed by atoms with Gasteiger partial charge >= 0.3 is 5.69 Å². The number of benzene rings is 1. The van der Waals surface area contributed by atoms with E-state index >= 15 is 0 Å². The van der Waals surface area contributed by atoms with Crippen molar-refractivity contribution in [1.29, 1.82) is 0 Å². The van der Waals surface area contributed by atoms with E-state index in [2.05, 4.69) is 0 Å². The van der Waals surface area contributed by atoms with Gasteiger partial charge in [0.15, 0.2) is 5.75 Å². The molecule has 1 aromatic rings. The molecule has 0 heterocycles. The number of nitro benzene ring substituents is 1. The summed E-state index contributed by atoms with van der Waals surface area (Å²) < 4.78 is 26.7. The number of hydrogen-bond acceptors (Lipinski definition) is 5. The van der Waals surface area contributed by atoms with Crippen molar-refractivity contribution >= 4 is 15.7 Å². The Bertz CT molecular complexity index is 556. The van der Waals surface area contributed by atoms with Gasteiger partial charge in [0.1, 0.15) is 0 Å². The van der Waals surface area contributed by atoms with Crippen LogP contribution in [0.1, 0.15) is 18.4 Å². The summed E-state index contributed by atoms with van der Waals surface area (Å²) in [7, 11) is -3.46. The van der Waals surface area contributed by atoms with Crippen molar-refractivity contribution in [2.75, 3.05) is 12.4 Å². The van der Waals surface area contributed by atoms with Crippen LogP contribution in [0.25, 0.3) is 0 Å². The lowest BCUT2D eigenvalue weighted by Gasteiger charge is -2.07. The number of ether oxygens (including phenoxy) is 1. The van der Waals surface area contributed by atoms with Gasteiger partial charge in [0.25, 0.3) is 0 Å². The van der Waals surface area contributed by atoms with Crippen LogP contribution in [-0.2, 0) is 10.0 Å². The molecule has 8 heteroatoms. The van der Waals surface area contributed by atoms with Gasteiger partial charge in [-0.1, -0.05) is 6.07 Å². The Hall–Kier alpha value is -1.67. The van der Waals surface area contributed by atoms with E-state index in [-0.39, 0.29) is 23.8 Å². The maximum atomic E-state index is 10.8. The zero-order valence-corrected chi connectivity index (χ0v) is 11.4. The molecule has 0 spiro atoms. The molecule has 0 saturated carbocycles. The molecule has 19 heavy (non-hydrogen) atoms. The number of sulfonamides is 1. The van der Waals surface area contributed by atoms with Crippen LogP contribution in [0.5, 0.6) is 5.75 Å². The highest BCUT2D eigenvalue weighted by atomic mass is 32.2. The fraction of sp³-hybridized carbons (Fsp3) is 0.455. The lowest BCUT2D eigenvalue weighted by molar-refractivity contribution is -0.385. The minimum absolute atomic E-state index is 0.1000. The van der Waals surface area contributed by atoms with Crippen LogP contribution in [0.3, 0.4) is 0 Å². The van der Waals surface area contributed by atoms with E-state index in [1.807, 2.05) is 0 Å². The summed E-state index contributed by atoms with van der Waals surface area (Å²) in [6.07, 6.45) is 0.819. The quantitative estimate of drug-likeness (QED) is 0.462. The van der Waals surface area contributed by atoms with Crippen LogP contribution < -0.4 is 9.88 Å². The van der Waals surface area contributed by atoms with Crippen molar-refractivity contribution in [1.82, 2.24) is 0 Å². The predicted molar refractivity (Wildman–Crippen MR) is 70.5 cm³/mol. The lowest BCUT2D eigenvalue weighted by atomic mass is 10.2. The Balaban J connectivity index is 2.53. The van der Waals surface area contributed by atoms with Gasteiger partial charge in [-0.05, 0) is 31.4 Å². The van der Waals surface area contributed by atoms with Crippen molar-refractivity contribution in [3.8, 4) is 5.75 Å². The second kappa shape index (κ2) is 6.48. The molecule has 0 saturated heterocycles. The summed E-state index contributed by atoms with van der Waals surface area (Å²) in [5.41, 5.74) is 0.752. The highest BCUT2D eigenvalue weighted by Crippen LogP contribution is 2.27. The second-order valence-corrected chi connectivity index (χ2v) is 5.88. The largest absolute Gasteiger partial charge is 0.487 e. The van der Waals surface area contributed by atoms with Crippen LogP contribution in [0, 0.1) is 17.0 Å². The average molecular weight is 288 g/mol. The number of rotatable bonds is 7. The van der Waals surface area contributed by atoms with Gasteiger partial charge in [-0.2, -0.15) is 0 Å². The summed E-state index contributed by atoms with van der Waals surface area (Å²) >= 11 is 0. The number of aryl methyl sites for hydroxylation is 1. The standard InChI is InChI=1S/C11H16N2O5S/c1-9-4-5-10(13(14)15)11(8-9)18-6-2-3-7-19(12,16)17/h4-5,8H,2-3,6-7H2,1H3,(H2,12,16,17). The number of unbranched alkanes of at least 4 members (excludes halogenated alkanes) is 1. The third-order valence-electron chi connectivity index (χ3n) is 2.39. The van der Waals surface area contributed by atoms with Crippen LogP contribution in [0.2, 0.25) is 0 Å². The topological polar surface area (TPSA) is 113 Å². The summed E-state index contributed by atoms with van der Waals surface area (Å²) in [6.45, 7) is 2.01. The Morgan fingerprint density at radius 1 is 1.37 bits per heavy atom. The van der Waals surface area contributed by atoms with Gasteiger partial charge < -0.3 is 4.74 Å². The second-order valence-electron chi connectivity index (χ2n) is 4.15. The van der Waals surface area contributed by atoms with E-state index < -0.39 is 14.9 Å². The van der Waals surface area contributed by atoms with Crippen LogP contribution in [0.15, 0.2) is 18.2 Å². The van der Waals surface area contributed by atoms with Gasteiger partial charge in [-0.3, -0.25) is 10.1 Å². The number of nitrogens with zero attached hydrogens (tertiary/aromatic N) is 1. The number of nitrogens with two attached hydrogens (primary N) is 1. The van der Waals surface area contributed by atoms with Gasteiger partial charge in [0.2, 0.25) is 10.0 Å². The minimum Gasteiger partial charge on any atom is -0.487 e. The Morgan fingerprint density at radius 3 is 2.63 bits per heavy atom. The molecule has 0 amide bonds. The number of hydrogen-bond donors (Lipinski definition) is 1. The molecule has 0 fully saturated rings. The van der Waals surface area contributed by atoms with Gasteiger partial charge in [0, 0.05) is 6.07 Å². The first-order valence-electron chi connectivity index (χ1n) is 5.68. The van der Waals surface area contributed by atoms with Crippen molar-refractivity contribution in [3.05, 3.63) is 33.9 Å². The molecule has 0 radical (unpaired) electrons. The van der Waals surface area contributed by atoms with Gasteiger partial charge in [-0.15, -0.1) is 0 Å². The van der Waals surface area contributed by atoms with E-state index in [9.17, 15) is 18.5 Å². The highest BCUT2D eigenvalue weighted by molar-refractivity contribution is 7.89. The molecule has 0 aliphatic heterocycles. The Kier molecular flexibility index (Phi) is 5.25. The first-order valence-corrected chi connectivity index (χ1v) is 7.39. The normalized spacial score (nSPS) is 11.3. The van der Waals surface area contributed by atoms with E-state index in [0.29, 0.717) is 12.8 Å². The highest BCUT2D eigenvalue weighted by Gasteiger charge is 2.14. The number of primary sulfonamides is 1. The third kappa shape index (κ3) is 5.66. The molecule has 0 atom stereocenters. The maximum Gasteiger partial charge on any atom is 0.310 e. The summed E-state index contributed by atoms with van der Waals surface area (Å²) in [6, 6.07) is 4.60. The predicted octanol–water partition coefficient (Wildman–Crippen LogP) is 1.35. The van der Waals surface area contributed by atoms with Crippen molar-refractivity contribution in [2.24, 2.45) is 5.14 Å². The molecular formula is C11H16N2O5S. The average Bonchev–Trinajstić information content (AvgIpc) is 2.26. The zero-order chi connectivity index (χ0) is 14.5. The van der Waals surface area contributed by atoms with Crippen LogP contribution in [0.4, 0.5) is 5.69 Å². The smallest absolute Gasteiger partial charge is 0.310 e. The lowest BCUT2D eigenvalue weighted by Crippen LogP contribution is -2.16. The summed E-state index contributed by atoms with van der Waals surface area (Å²) in [5, 5.41) is 15.6. The molecule has 0 aliphatic rings. The molecule has 0 aromatic heterocycles. The zero-order valence-electron chi connectivity index (χ0n) is 10.5. The van der Waals surface area contributed by atoms with Crippen molar-refractivity contribution in [2.45, 2.75) is 19.8 Å². The van der Waals surface area contributed by atoms with E-state index in [4.69, 9.17) is 9.88 Å². The van der Waals surface area contributed by atoms with E-state index in [1.165, 1.54) is 6.07 Å². The summed E-state index contributed by atoms with van der Waals surface area (Å²) in [5.74, 6) is 0.0762. The molecular weight excluding hydrogens is 272 g/mol. The fourth-order valence-corrected chi connectivity index (χ4v) is 2.08. The van der Waals surface area contributed by atoms with Crippen molar-refractivity contribution in [3.63, 3.8) is 0 Å². The van der Waals surface area contributed by atoms with E-state index in [1.54, 1.807) is 19.1 Å². The molecule has 7 nitrogen and oxygen atoms in total. The summed E-state index contributed by atoms with van der Waals surface area (Å²) in [4.78, 5) is 10.3. The number of nitro groups is 1. The first kappa shape index (κ1) is 15.4. The molecule has 1 rings (SSSR count). The molecule has 0 aliphatic carbocycles. The molecule has 2 N–H and O–H groups in total. The Labute approximate surface area is 111 Å². The van der Waals surface area contributed by atoms with Gasteiger partial charge in [0.05, 0.1) is 17.3 Å². The molecule has 1 aromatic carbocycles. The van der Waals surface area contributed by atoms with Crippen LogP contribution >= 0.6 is 0 Å². The third-order valence-corrected chi connectivity index (χ3v) is 3.25. The monoisotopic (exact) mass is 288 g/mol. The molecule has 0 bridgehead atoms. The maximum absolute atomic E-state index is 10.8. The fourth-order valence-electron chi connectivity index (χ4n) is 1.48. The van der Waals surface area contributed by atoms with Gasteiger partial charge in [-0.25, -0.2) is 13.6 Å². The SMILES string of the molecule is Cc1ccc([N+](=O)[O-])c(OCCCCS(N)(=O)=O)c1. The first-order chi connectivity index (χ1) is 8.79. The van der Waals surface area contributed by atoms with E-state index in [0.717, 1.165) is 5.56 Å². The Morgan fingerprint density at radius 2 is 2.05 bits per heavy atom. The molecule has 0 unspecified atom stereocenters. The minimum atomic E-state index is -3.46.